The number of anilines is 3. The highest BCUT2D eigenvalue weighted by Gasteiger charge is 2.24. The summed E-state index contributed by atoms with van der Waals surface area (Å²) in [5.74, 6) is 7.24. The highest BCUT2D eigenvalue weighted by atomic mass is 16.3. The molecule has 0 bridgehead atoms. The van der Waals surface area contributed by atoms with Crippen LogP contribution in [-0.2, 0) is 0 Å². The lowest BCUT2D eigenvalue weighted by atomic mass is 10.1. The number of nitrogens with two attached hydrogens (primary N) is 1. The van der Waals surface area contributed by atoms with Crippen LogP contribution < -0.4 is 15.5 Å². The van der Waals surface area contributed by atoms with Crippen LogP contribution in [0.1, 0.15) is 32.9 Å². The summed E-state index contributed by atoms with van der Waals surface area (Å²) in [6.45, 7) is 8.86. The summed E-state index contributed by atoms with van der Waals surface area (Å²) >= 11 is 0. The maximum Gasteiger partial charge on any atom is 0.169 e. The first-order valence-corrected chi connectivity index (χ1v) is 11.3. The van der Waals surface area contributed by atoms with Crippen LogP contribution in [0.25, 0.3) is 11.3 Å². The number of hydrogen-bond donors (Lipinski definition) is 2. The molecule has 33 heavy (non-hydrogen) atoms. The monoisotopic (exact) mass is 442 g/mol. The molecule has 3 aromatic rings. The molecular weight excluding hydrogens is 412 g/mol. The fourth-order valence-corrected chi connectivity index (χ4v) is 4.03. The van der Waals surface area contributed by atoms with Gasteiger partial charge >= 0.3 is 0 Å². The highest BCUT2D eigenvalue weighted by Crippen LogP contribution is 2.32. The van der Waals surface area contributed by atoms with Crippen LogP contribution in [0, 0.1) is 17.8 Å². The van der Waals surface area contributed by atoms with Crippen LogP contribution in [0.15, 0.2) is 48.7 Å². The van der Waals surface area contributed by atoms with Crippen molar-refractivity contribution in [1.29, 1.82) is 0 Å². The SMILES string of the molecule is CC(C)C#Cc1cc(N2CCN(c3cc(-c4ccccc4O)nnc3N)CC[C@H]2C)ccn1. The molecule has 0 amide bonds. The second kappa shape index (κ2) is 9.78. The highest BCUT2D eigenvalue weighted by molar-refractivity contribution is 5.74. The number of phenolic OH excluding ortho intramolecular Hbond substituents is 1. The van der Waals surface area contributed by atoms with Crippen molar-refractivity contribution in [2.45, 2.75) is 33.2 Å². The second-order valence-electron chi connectivity index (χ2n) is 8.66. The molecule has 0 unspecified atom stereocenters. The Morgan fingerprint density at radius 3 is 2.70 bits per heavy atom. The minimum absolute atomic E-state index is 0.173. The third-order valence-electron chi connectivity index (χ3n) is 5.85. The van der Waals surface area contributed by atoms with Gasteiger partial charge in [-0.3, -0.25) is 0 Å². The standard InChI is InChI=1S/C26H30N6O/c1-18(2)8-9-20-16-21(10-12-28-20)32-15-14-31(13-11-19(32)3)24-17-23(29-30-26(24)27)22-6-4-5-7-25(22)33/h4-7,10,12,16-19,33H,11,13-15H2,1-3H3,(H2,27,30)/t19-/m1/s1. The van der Waals surface area contributed by atoms with Gasteiger partial charge in [0.05, 0.1) is 11.4 Å². The summed E-state index contributed by atoms with van der Waals surface area (Å²) in [7, 11) is 0. The van der Waals surface area contributed by atoms with E-state index in [1.807, 2.05) is 30.5 Å². The molecule has 0 radical (unpaired) electrons. The number of nitrogen functional groups attached to an aromatic ring is 1. The maximum atomic E-state index is 10.2. The Morgan fingerprint density at radius 1 is 1.09 bits per heavy atom. The molecule has 7 nitrogen and oxygen atoms in total. The Morgan fingerprint density at radius 2 is 1.91 bits per heavy atom. The maximum absolute atomic E-state index is 10.2. The van der Waals surface area contributed by atoms with Crippen molar-refractivity contribution in [3.05, 3.63) is 54.4 Å². The van der Waals surface area contributed by atoms with E-state index < -0.39 is 0 Å². The molecule has 1 aliphatic rings. The van der Waals surface area contributed by atoms with Crippen LogP contribution in [0.3, 0.4) is 0 Å². The van der Waals surface area contributed by atoms with Gasteiger partial charge in [-0.25, -0.2) is 4.98 Å². The number of aromatic nitrogens is 3. The van der Waals surface area contributed by atoms with Gasteiger partial charge < -0.3 is 20.6 Å². The zero-order chi connectivity index (χ0) is 23.4. The number of hydrogen-bond acceptors (Lipinski definition) is 7. The molecule has 2 aromatic heterocycles. The molecule has 1 aromatic carbocycles. The van der Waals surface area contributed by atoms with Gasteiger partial charge in [-0.15, -0.1) is 10.2 Å². The van der Waals surface area contributed by atoms with Crippen molar-refractivity contribution < 1.29 is 5.11 Å². The first kappa shape index (κ1) is 22.4. The molecule has 3 heterocycles. The van der Waals surface area contributed by atoms with Gasteiger partial charge in [-0.05, 0) is 49.6 Å². The zero-order valence-corrected chi connectivity index (χ0v) is 19.4. The van der Waals surface area contributed by atoms with E-state index in [9.17, 15) is 5.11 Å². The molecular formula is C26H30N6O. The Labute approximate surface area is 195 Å². The predicted octanol–water partition coefficient (Wildman–Crippen LogP) is 3.94. The number of rotatable bonds is 3. The normalized spacial score (nSPS) is 16.3. The average molecular weight is 443 g/mol. The average Bonchev–Trinajstić information content (AvgIpc) is 3.00. The van der Waals surface area contributed by atoms with Crippen molar-refractivity contribution in [3.8, 4) is 28.8 Å². The van der Waals surface area contributed by atoms with Crippen molar-refractivity contribution in [3.63, 3.8) is 0 Å². The van der Waals surface area contributed by atoms with Gasteiger partial charge in [0.25, 0.3) is 0 Å². The number of benzene rings is 1. The van der Waals surface area contributed by atoms with Crippen LogP contribution in [-0.4, -0.2) is 46.0 Å². The fraction of sp³-hybridized carbons (Fsp3) is 0.346. The molecule has 1 atom stereocenters. The minimum atomic E-state index is 0.173. The van der Waals surface area contributed by atoms with E-state index in [0.29, 0.717) is 29.0 Å². The summed E-state index contributed by atoms with van der Waals surface area (Å²) in [6.07, 6.45) is 2.79. The van der Waals surface area contributed by atoms with Crippen LogP contribution in [0.2, 0.25) is 0 Å². The van der Waals surface area contributed by atoms with E-state index in [-0.39, 0.29) is 5.75 Å². The summed E-state index contributed by atoms with van der Waals surface area (Å²) in [5, 5.41) is 18.6. The van der Waals surface area contributed by atoms with E-state index in [1.165, 1.54) is 0 Å². The number of aromatic hydroxyl groups is 1. The first-order chi connectivity index (χ1) is 15.9. The van der Waals surface area contributed by atoms with E-state index in [2.05, 4.69) is 63.7 Å². The Kier molecular flexibility index (Phi) is 6.64. The van der Waals surface area contributed by atoms with Gasteiger partial charge in [-0.2, -0.15) is 0 Å². The quantitative estimate of drug-likeness (QED) is 0.594. The van der Waals surface area contributed by atoms with E-state index in [4.69, 9.17) is 5.73 Å². The van der Waals surface area contributed by atoms with E-state index in [1.54, 1.807) is 12.1 Å². The predicted molar refractivity (Wildman–Crippen MR) is 133 cm³/mol. The topological polar surface area (TPSA) is 91.4 Å². The molecule has 1 fully saturated rings. The van der Waals surface area contributed by atoms with Crippen LogP contribution >= 0.6 is 0 Å². The largest absolute Gasteiger partial charge is 0.507 e. The summed E-state index contributed by atoms with van der Waals surface area (Å²) in [4.78, 5) is 9.07. The molecule has 1 saturated heterocycles. The van der Waals surface area contributed by atoms with Crippen molar-refractivity contribution in [2.75, 3.05) is 35.2 Å². The fourth-order valence-electron chi connectivity index (χ4n) is 4.03. The van der Waals surface area contributed by atoms with Gasteiger partial charge in [0.1, 0.15) is 11.4 Å². The minimum Gasteiger partial charge on any atom is -0.507 e. The van der Waals surface area contributed by atoms with E-state index >= 15 is 0 Å². The molecule has 0 saturated carbocycles. The third kappa shape index (κ3) is 5.17. The van der Waals surface area contributed by atoms with Crippen LogP contribution in [0.4, 0.5) is 17.2 Å². The van der Waals surface area contributed by atoms with Gasteiger partial charge in [0.2, 0.25) is 0 Å². The summed E-state index contributed by atoms with van der Waals surface area (Å²) in [5.41, 5.74) is 10.2. The second-order valence-corrected chi connectivity index (χ2v) is 8.66. The molecule has 0 spiro atoms. The lowest BCUT2D eigenvalue weighted by Gasteiger charge is -2.29. The van der Waals surface area contributed by atoms with Gasteiger partial charge in [0, 0.05) is 49.0 Å². The molecule has 7 heteroatoms. The summed E-state index contributed by atoms with van der Waals surface area (Å²) in [6, 6.07) is 13.5. The third-order valence-corrected chi connectivity index (χ3v) is 5.85. The van der Waals surface area contributed by atoms with Crippen molar-refractivity contribution >= 4 is 17.2 Å². The number of nitrogens with zero attached hydrogens (tertiary/aromatic N) is 5. The lowest BCUT2D eigenvalue weighted by Crippen LogP contribution is -2.35. The molecule has 4 rings (SSSR count). The molecule has 170 valence electrons. The smallest absolute Gasteiger partial charge is 0.169 e. The Bertz CT molecular complexity index is 1180. The number of para-hydroxylation sites is 1. The number of pyridine rings is 1. The number of phenols is 1. The molecule has 1 aliphatic heterocycles. The zero-order valence-electron chi connectivity index (χ0n) is 19.4. The molecule has 3 N–H and O–H groups in total. The van der Waals surface area contributed by atoms with Crippen molar-refractivity contribution in [1.82, 2.24) is 15.2 Å². The van der Waals surface area contributed by atoms with Crippen LogP contribution in [0.5, 0.6) is 5.75 Å². The van der Waals surface area contributed by atoms with E-state index in [0.717, 1.165) is 43.1 Å². The Hall–Kier alpha value is -3.79. The van der Waals surface area contributed by atoms with Crippen molar-refractivity contribution in [2.24, 2.45) is 5.92 Å². The van der Waals surface area contributed by atoms with Gasteiger partial charge in [0.15, 0.2) is 5.82 Å². The molecule has 0 aliphatic carbocycles. The summed E-state index contributed by atoms with van der Waals surface area (Å²) < 4.78 is 0. The first-order valence-electron chi connectivity index (χ1n) is 11.3. The Balaban J connectivity index is 1.57. The lowest BCUT2D eigenvalue weighted by molar-refractivity contribution is 0.477. The van der Waals surface area contributed by atoms with Gasteiger partial charge in [-0.1, -0.05) is 31.9 Å².